The maximum absolute atomic E-state index is 11.9. The minimum atomic E-state index is -1.16. The third-order valence-corrected chi connectivity index (χ3v) is 3.02. The molecule has 0 bridgehead atoms. The first-order chi connectivity index (χ1) is 8.97. The van der Waals surface area contributed by atoms with E-state index in [0.29, 0.717) is 17.9 Å². The lowest BCUT2D eigenvalue weighted by Crippen LogP contribution is -2.37. The third kappa shape index (κ3) is 3.03. The number of rotatable bonds is 3. The van der Waals surface area contributed by atoms with Crippen molar-refractivity contribution in [3.8, 4) is 0 Å². The summed E-state index contributed by atoms with van der Waals surface area (Å²) >= 11 is 5.77. The summed E-state index contributed by atoms with van der Waals surface area (Å²) in [5.74, 6) is -1.80. The zero-order valence-corrected chi connectivity index (χ0v) is 10.5. The van der Waals surface area contributed by atoms with Gasteiger partial charge in [0.1, 0.15) is 6.04 Å². The van der Waals surface area contributed by atoms with Crippen molar-refractivity contribution < 1.29 is 19.5 Å². The van der Waals surface area contributed by atoms with Crippen LogP contribution in [-0.4, -0.2) is 28.9 Å². The van der Waals surface area contributed by atoms with Crippen LogP contribution < -0.4 is 10.6 Å². The van der Waals surface area contributed by atoms with Gasteiger partial charge in [-0.25, -0.2) is 4.79 Å². The van der Waals surface area contributed by atoms with E-state index in [-0.39, 0.29) is 17.2 Å². The second-order valence-electron chi connectivity index (χ2n) is 4.14. The minimum absolute atomic E-state index is 0.0536. The molecule has 6 nitrogen and oxygen atoms in total. The predicted octanol–water partition coefficient (Wildman–Crippen LogP) is 1.26. The normalized spacial score (nSPS) is 17.9. The minimum Gasteiger partial charge on any atom is -0.478 e. The van der Waals surface area contributed by atoms with Crippen molar-refractivity contribution in [2.75, 3.05) is 5.32 Å². The van der Waals surface area contributed by atoms with E-state index in [1.807, 2.05) is 0 Å². The molecule has 1 aromatic rings. The molecule has 0 aliphatic carbocycles. The van der Waals surface area contributed by atoms with Crippen LogP contribution in [0.2, 0.25) is 5.02 Å². The van der Waals surface area contributed by atoms with Crippen LogP contribution >= 0.6 is 11.6 Å². The van der Waals surface area contributed by atoms with Gasteiger partial charge in [0.2, 0.25) is 11.8 Å². The van der Waals surface area contributed by atoms with Crippen molar-refractivity contribution in [2.45, 2.75) is 18.9 Å². The molecule has 7 heteroatoms. The lowest BCUT2D eigenvalue weighted by atomic mass is 10.1. The zero-order chi connectivity index (χ0) is 14.0. The third-order valence-electron chi connectivity index (χ3n) is 2.78. The molecule has 0 unspecified atom stereocenters. The average molecular weight is 283 g/mol. The smallest absolute Gasteiger partial charge is 0.337 e. The number of carbonyl (C=O) groups is 3. The summed E-state index contributed by atoms with van der Waals surface area (Å²) in [4.78, 5) is 33.9. The van der Waals surface area contributed by atoms with Crippen molar-refractivity contribution in [3.63, 3.8) is 0 Å². The SMILES string of the molecule is O=C1CC[C@@H](C(=O)Nc2cc(Cl)ccc2C(=O)O)N1. The van der Waals surface area contributed by atoms with Crippen LogP contribution in [0, 0.1) is 0 Å². The van der Waals surface area contributed by atoms with E-state index in [0.717, 1.165) is 0 Å². The molecule has 1 aliphatic heterocycles. The molecule has 3 N–H and O–H groups in total. The molecule has 0 aromatic heterocycles. The molecule has 2 rings (SSSR count). The molecule has 1 atom stereocenters. The largest absolute Gasteiger partial charge is 0.478 e. The van der Waals surface area contributed by atoms with Gasteiger partial charge in [-0.15, -0.1) is 0 Å². The molecule has 1 aliphatic rings. The topological polar surface area (TPSA) is 95.5 Å². The second-order valence-corrected chi connectivity index (χ2v) is 4.58. The van der Waals surface area contributed by atoms with Gasteiger partial charge >= 0.3 is 5.97 Å². The fraction of sp³-hybridized carbons (Fsp3) is 0.250. The summed E-state index contributed by atoms with van der Waals surface area (Å²) in [5.41, 5.74) is 0.0632. The van der Waals surface area contributed by atoms with Gasteiger partial charge in [0, 0.05) is 11.4 Å². The van der Waals surface area contributed by atoms with E-state index in [9.17, 15) is 14.4 Å². The van der Waals surface area contributed by atoms with Crippen LogP contribution in [0.15, 0.2) is 18.2 Å². The number of amides is 2. The summed E-state index contributed by atoms with van der Waals surface area (Å²) in [7, 11) is 0. The zero-order valence-electron chi connectivity index (χ0n) is 9.77. The summed E-state index contributed by atoms with van der Waals surface area (Å²) in [6, 6.07) is 3.47. The number of benzene rings is 1. The lowest BCUT2D eigenvalue weighted by Gasteiger charge is -2.13. The van der Waals surface area contributed by atoms with E-state index in [2.05, 4.69) is 10.6 Å². The molecule has 1 saturated heterocycles. The Morgan fingerprint density at radius 2 is 2.16 bits per heavy atom. The van der Waals surface area contributed by atoms with Crippen molar-refractivity contribution in [1.82, 2.24) is 5.32 Å². The highest BCUT2D eigenvalue weighted by atomic mass is 35.5. The first-order valence-corrected chi connectivity index (χ1v) is 5.98. The highest BCUT2D eigenvalue weighted by molar-refractivity contribution is 6.31. The van der Waals surface area contributed by atoms with Crippen LogP contribution in [0.5, 0.6) is 0 Å². The van der Waals surface area contributed by atoms with E-state index < -0.39 is 17.9 Å². The Kier molecular flexibility index (Phi) is 3.71. The predicted molar refractivity (Wildman–Crippen MR) is 68.2 cm³/mol. The van der Waals surface area contributed by atoms with Gasteiger partial charge in [-0.2, -0.15) is 0 Å². The molecule has 0 saturated carbocycles. The summed E-state index contributed by atoms with van der Waals surface area (Å²) in [6.45, 7) is 0. The molecule has 1 fully saturated rings. The van der Waals surface area contributed by atoms with Gasteiger partial charge in [-0.3, -0.25) is 9.59 Å². The molecular weight excluding hydrogens is 272 g/mol. The van der Waals surface area contributed by atoms with Gasteiger partial charge in [0.25, 0.3) is 0 Å². The van der Waals surface area contributed by atoms with Crippen LogP contribution in [0.1, 0.15) is 23.2 Å². The number of carboxylic acid groups (broad SMARTS) is 1. The summed E-state index contributed by atoms with van der Waals surface area (Å²) in [5, 5.41) is 14.3. The van der Waals surface area contributed by atoms with Crippen molar-refractivity contribution in [1.29, 1.82) is 0 Å². The Morgan fingerprint density at radius 1 is 1.42 bits per heavy atom. The number of hydrogen-bond acceptors (Lipinski definition) is 3. The molecule has 1 heterocycles. The van der Waals surface area contributed by atoms with E-state index >= 15 is 0 Å². The molecular formula is C12H11ClN2O4. The van der Waals surface area contributed by atoms with Crippen molar-refractivity contribution >= 4 is 35.1 Å². The first-order valence-electron chi connectivity index (χ1n) is 5.60. The summed E-state index contributed by atoms with van der Waals surface area (Å²) in [6.07, 6.45) is 0.688. The van der Waals surface area contributed by atoms with Gasteiger partial charge in [0.15, 0.2) is 0 Å². The number of nitrogens with one attached hydrogen (secondary N) is 2. The Bertz CT molecular complexity index is 559. The van der Waals surface area contributed by atoms with Gasteiger partial charge in [-0.1, -0.05) is 11.6 Å². The van der Waals surface area contributed by atoms with Gasteiger partial charge < -0.3 is 15.7 Å². The maximum atomic E-state index is 11.9. The quantitative estimate of drug-likeness (QED) is 0.777. The first kappa shape index (κ1) is 13.4. The monoisotopic (exact) mass is 282 g/mol. The fourth-order valence-corrected chi connectivity index (χ4v) is 2.01. The maximum Gasteiger partial charge on any atom is 0.337 e. The molecule has 0 spiro atoms. The highest BCUT2D eigenvalue weighted by Crippen LogP contribution is 2.22. The van der Waals surface area contributed by atoms with Crippen LogP contribution in [0.25, 0.3) is 0 Å². The number of halogens is 1. The molecule has 100 valence electrons. The van der Waals surface area contributed by atoms with Crippen molar-refractivity contribution in [2.24, 2.45) is 0 Å². The molecule has 1 aromatic carbocycles. The van der Waals surface area contributed by atoms with Gasteiger partial charge in [-0.05, 0) is 24.6 Å². The molecule has 2 amide bonds. The Morgan fingerprint density at radius 3 is 2.74 bits per heavy atom. The van der Waals surface area contributed by atoms with Crippen LogP contribution in [0.3, 0.4) is 0 Å². The number of carbonyl (C=O) groups excluding carboxylic acids is 2. The second kappa shape index (κ2) is 5.27. The van der Waals surface area contributed by atoms with Crippen LogP contribution in [-0.2, 0) is 9.59 Å². The summed E-state index contributed by atoms with van der Waals surface area (Å²) < 4.78 is 0. The fourth-order valence-electron chi connectivity index (χ4n) is 1.84. The Labute approximate surface area is 113 Å². The number of carboxylic acids is 1. The lowest BCUT2D eigenvalue weighted by molar-refractivity contribution is -0.122. The standard InChI is InChI=1S/C12H11ClN2O4/c13-6-1-2-7(12(18)19)9(5-6)15-11(17)8-3-4-10(16)14-8/h1-2,5,8H,3-4H2,(H,14,16)(H,15,17)(H,18,19)/t8-/m0/s1. The van der Waals surface area contributed by atoms with E-state index in [4.69, 9.17) is 16.7 Å². The molecule has 0 radical (unpaired) electrons. The Hall–Kier alpha value is -2.08. The van der Waals surface area contributed by atoms with Crippen LogP contribution in [0.4, 0.5) is 5.69 Å². The average Bonchev–Trinajstić information content (AvgIpc) is 2.75. The molecule has 19 heavy (non-hydrogen) atoms. The highest BCUT2D eigenvalue weighted by Gasteiger charge is 2.27. The van der Waals surface area contributed by atoms with Crippen molar-refractivity contribution in [3.05, 3.63) is 28.8 Å². The van der Waals surface area contributed by atoms with E-state index in [1.54, 1.807) is 0 Å². The number of anilines is 1. The Balaban J connectivity index is 2.18. The number of hydrogen-bond donors (Lipinski definition) is 3. The van der Waals surface area contributed by atoms with Gasteiger partial charge in [0.05, 0.1) is 11.3 Å². The number of aromatic carboxylic acids is 1. The van der Waals surface area contributed by atoms with E-state index in [1.165, 1.54) is 18.2 Å².